The Morgan fingerprint density at radius 2 is 1.78 bits per heavy atom. The van der Waals surface area contributed by atoms with Gasteiger partial charge >= 0.3 is 0 Å². The molecule has 0 atom stereocenters. The normalized spacial score (nSPS) is 15.8. The molecule has 0 saturated heterocycles. The van der Waals surface area contributed by atoms with Crippen molar-refractivity contribution in [1.29, 1.82) is 0 Å². The van der Waals surface area contributed by atoms with Gasteiger partial charge in [-0.25, -0.2) is 4.39 Å². The Balaban J connectivity index is 1.71. The van der Waals surface area contributed by atoms with E-state index in [0.29, 0.717) is 0 Å². The van der Waals surface area contributed by atoms with Crippen LogP contribution < -0.4 is 0 Å². The molecule has 23 heavy (non-hydrogen) atoms. The van der Waals surface area contributed by atoms with Crippen LogP contribution in [0.4, 0.5) is 4.39 Å². The van der Waals surface area contributed by atoms with Crippen molar-refractivity contribution in [3.63, 3.8) is 0 Å². The lowest BCUT2D eigenvalue weighted by Gasteiger charge is -2.22. The molecule has 0 amide bonds. The SMILES string of the molecule is CN1CC=C(c2ccc3cc(-c4ccc(F)cc4)[nH]c3c2)CC1. The van der Waals surface area contributed by atoms with E-state index in [2.05, 4.69) is 47.3 Å². The molecule has 3 heteroatoms. The van der Waals surface area contributed by atoms with Crippen molar-refractivity contribution in [3.8, 4) is 11.3 Å². The zero-order valence-electron chi connectivity index (χ0n) is 13.1. The van der Waals surface area contributed by atoms with E-state index in [1.54, 1.807) is 12.1 Å². The largest absolute Gasteiger partial charge is 0.355 e. The molecule has 2 nitrogen and oxygen atoms in total. The zero-order chi connectivity index (χ0) is 15.8. The highest BCUT2D eigenvalue weighted by atomic mass is 19.1. The maximum atomic E-state index is 13.1. The van der Waals surface area contributed by atoms with Crippen molar-refractivity contribution in [1.82, 2.24) is 9.88 Å². The number of nitrogens with one attached hydrogen (secondary N) is 1. The fourth-order valence-electron chi connectivity index (χ4n) is 3.14. The second-order valence-electron chi connectivity index (χ2n) is 6.23. The first-order valence-electron chi connectivity index (χ1n) is 7.96. The molecular formula is C20H19FN2. The Bertz CT molecular complexity index is 874. The van der Waals surface area contributed by atoms with Gasteiger partial charge in [-0.2, -0.15) is 0 Å². The third kappa shape index (κ3) is 2.80. The van der Waals surface area contributed by atoms with Crippen molar-refractivity contribution in [2.75, 3.05) is 20.1 Å². The highest BCUT2D eigenvalue weighted by molar-refractivity contribution is 5.88. The molecular weight excluding hydrogens is 287 g/mol. The lowest BCUT2D eigenvalue weighted by Crippen LogP contribution is -2.23. The predicted molar refractivity (Wildman–Crippen MR) is 93.8 cm³/mol. The minimum atomic E-state index is -0.207. The van der Waals surface area contributed by atoms with Crippen molar-refractivity contribution in [2.45, 2.75) is 6.42 Å². The summed E-state index contributed by atoms with van der Waals surface area (Å²) < 4.78 is 13.1. The van der Waals surface area contributed by atoms with Crippen LogP contribution in [0, 0.1) is 5.82 Å². The Hall–Kier alpha value is -2.39. The number of likely N-dealkylation sites (N-methyl/N-ethyl adjacent to an activating group) is 1. The molecule has 0 spiro atoms. The Labute approximate surface area is 135 Å². The number of benzene rings is 2. The van der Waals surface area contributed by atoms with Gasteiger partial charge in [0.15, 0.2) is 0 Å². The van der Waals surface area contributed by atoms with Crippen LogP contribution in [0.15, 0.2) is 54.6 Å². The van der Waals surface area contributed by atoms with Crippen molar-refractivity contribution >= 4 is 16.5 Å². The van der Waals surface area contributed by atoms with Crippen LogP contribution in [0.5, 0.6) is 0 Å². The number of aromatic amines is 1. The quantitative estimate of drug-likeness (QED) is 0.727. The summed E-state index contributed by atoms with van der Waals surface area (Å²) in [5.41, 5.74) is 5.86. The molecule has 0 aliphatic carbocycles. The molecule has 2 aromatic carbocycles. The van der Waals surface area contributed by atoms with E-state index in [0.717, 1.165) is 36.3 Å². The number of hydrogen-bond acceptors (Lipinski definition) is 1. The first-order chi connectivity index (χ1) is 11.2. The van der Waals surface area contributed by atoms with Gasteiger partial charge in [-0.05, 0) is 66.6 Å². The molecule has 0 saturated carbocycles. The van der Waals surface area contributed by atoms with Crippen molar-refractivity contribution < 1.29 is 4.39 Å². The van der Waals surface area contributed by atoms with Gasteiger partial charge < -0.3 is 9.88 Å². The summed E-state index contributed by atoms with van der Waals surface area (Å²) in [5.74, 6) is -0.207. The third-order valence-electron chi connectivity index (χ3n) is 4.56. The molecule has 1 aromatic heterocycles. The number of rotatable bonds is 2. The fourth-order valence-corrected chi connectivity index (χ4v) is 3.14. The van der Waals surface area contributed by atoms with Gasteiger partial charge in [-0.1, -0.05) is 18.2 Å². The fraction of sp³-hybridized carbons (Fsp3) is 0.200. The lowest BCUT2D eigenvalue weighted by molar-refractivity contribution is 0.370. The summed E-state index contributed by atoms with van der Waals surface area (Å²) in [7, 11) is 2.15. The molecule has 1 aliphatic heterocycles. The van der Waals surface area contributed by atoms with E-state index in [-0.39, 0.29) is 5.82 Å². The second kappa shape index (κ2) is 5.67. The Kier molecular flexibility index (Phi) is 3.50. The summed E-state index contributed by atoms with van der Waals surface area (Å²) in [6.07, 6.45) is 3.40. The number of fused-ring (bicyclic) bond motifs is 1. The number of H-pyrrole nitrogens is 1. The molecule has 0 fully saturated rings. The van der Waals surface area contributed by atoms with Gasteiger partial charge in [0, 0.05) is 29.7 Å². The molecule has 4 rings (SSSR count). The number of aromatic nitrogens is 1. The highest BCUT2D eigenvalue weighted by Gasteiger charge is 2.11. The van der Waals surface area contributed by atoms with Crippen LogP contribution in [-0.4, -0.2) is 30.0 Å². The maximum Gasteiger partial charge on any atom is 0.123 e. The second-order valence-corrected chi connectivity index (χ2v) is 6.23. The van der Waals surface area contributed by atoms with Gasteiger partial charge in [-0.15, -0.1) is 0 Å². The average Bonchev–Trinajstić information content (AvgIpc) is 2.99. The summed E-state index contributed by atoms with van der Waals surface area (Å²) >= 11 is 0. The van der Waals surface area contributed by atoms with Gasteiger partial charge in [0.2, 0.25) is 0 Å². The van der Waals surface area contributed by atoms with Gasteiger partial charge in [-0.3, -0.25) is 0 Å². The lowest BCUT2D eigenvalue weighted by atomic mass is 9.99. The topological polar surface area (TPSA) is 19.0 Å². The summed E-state index contributed by atoms with van der Waals surface area (Å²) in [6, 6.07) is 15.3. The minimum Gasteiger partial charge on any atom is -0.355 e. The smallest absolute Gasteiger partial charge is 0.123 e. The molecule has 3 aromatic rings. The Morgan fingerprint density at radius 1 is 1.00 bits per heavy atom. The first-order valence-corrected chi connectivity index (χ1v) is 7.96. The number of hydrogen-bond donors (Lipinski definition) is 1. The van der Waals surface area contributed by atoms with E-state index < -0.39 is 0 Å². The van der Waals surface area contributed by atoms with Crippen LogP contribution in [0.25, 0.3) is 27.7 Å². The van der Waals surface area contributed by atoms with Crippen molar-refractivity contribution in [2.24, 2.45) is 0 Å². The molecule has 116 valence electrons. The van der Waals surface area contributed by atoms with Crippen LogP contribution in [0.1, 0.15) is 12.0 Å². The highest BCUT2D eigenvalue weighted by Crippen LogP contribution is 2.28. The number of nitrogens with zero attached hydrogens (tertiary/aromatic N) is 1. The Morgan fingerprint density at radius 3 is 2.52 bits per heavy atom. The van der Waals surface area contributed by atoms with Crippen LogP contribution in [0.3, 0.4) is 0 Å². The van der Waals surface area contributed by atoms with Crippen LogP contribution >= 0.6 is 0 Å². The molecule has 2 heterocycles. The maximum absolute atomic E-state index is 13.1. The molecule has 0 radical (unpaired) electrons. The standard InChI is InChI=1S/C20H19FN2/c1-23-10-8-14(9-11-23)16-2-3-17-13-19(22-20(17)12-16)15-4-6-18(21)7-5-15/h2-8,12-13,22H,9-11H2,1H3. The molecule has 1 aliphatic rings. The number of halogens is 1. The minimum absolute atomic E-state index is 0.207. The first kappa shape index (κ1) is 14.2. The van der Waals surface area contributed by atoms with Gasteiger partial charge in [0.05, 0.1) is 0 Å². The summed E-state index contributed by atoms with van der Waals surface area (Å²) in [5, 5.41) is 1.18. The van der Waals surface area contributed by atoms with Gasteiger partial charge in [0.1, 0.15) is 5.82 Å². The monoisotopic (exact) mass is 306 g/mol. The molecule has 1 N–H and O–H groups in total. The van der Waals surface area contributed by atoms with E-state index >= 15 is 0 Å². The summed E-state index contributed by atoms with van der Waals surface area (Å²) in [4.78, 5) is 5.78. The van der Waals surface area contributed by atoms with E-state index in [1.807, 2.05) is 0 Å². The zero-order valence-corrected chi connectivity index (χ0v) is 13.1. The summed E-state index contributed by atoms with van der Waals surface area (Å²) in [6.45, 7) is 2.12. The van der Waals surface area contributed by atoms with E-state index in [4.69, 9.17) is 0 Å². The van der Waals surface area contributed by atoms with Gasteiger partial charge in [0.25, 0.3) is 0 Å². The van der Waals surface area contributed by atoms with E-state index in [1.165, 1.54) is 28.7 Å². The van der Waals surface area contributed by atoms with Crippen molar-refractivity contribution in [3.05, 3.63) is 66.0 Å². The van der Waals surface area contributed by atoms with Crippen LogP contribution in [0.2, 0.25) is 0 Å². The average molecular weight is 306 g/mol. The van der Waals surface area contributed by atoms with E-state index in [9.17, 15) is 4.39 Å². The third-order valence-corrected chi connectivity index (χ3v) is 4.56. The molecule has 0 unspecified atom stereocenters. The molecule has 0 bridgehead atoms. The predicted octanol–water partition coefficient (Wildman–Crippen LogP) is 4.69. The van der Waals surface area contributed by atoms with Crippen LogP contribution in [-0.2, 0) is 0 Å².